The van der Waals surface area contributed by atoms with Crippen molar-refractivity contribution in [1.29, 1.82) is 0 Å². The molecule has 0 unspecified atom stereocenters. The molecule has 0 aliphatic rings. The van der Waals surface area contributed by atoms with Crippen molar-refractivity contribution >= 4 is 5.57 Å². The van der Waals surface area contributed by atoms with Gasteiger partial charge in [0.05, 0.1) is 0 Å². The zero-order valence-corrected chi connectivity index (χ0v) is 6.82. The standard InChI is InChI=1S/C9H11NO2/c1-8(7-10-12-11)9-5-3-2-4-6-9/h2-7,10-11H,1H3/b8-7+. The highest BCUT2D eigenvalue weighted by Gasteiger charge is 1.91. The molecule has 1 rings (SSSR count). The van der Waals surface area contributed by atoms with Crippen molar-refractivity contribution in [1.82, 2.24) is 5.48 Å². The molecule has 3 nitrogen and oxygen atoms in total. The first-order valence-corrected chi connectivity index (χ1v) is 3.62. The summed E-state index contributed by atoms with van der Waals surface area (Å²) >= 11 is 0. The Labute approximate surface area is 71.2 Å². The van der Waals surface area contributed by atoms with E-state index in [1.807, 2.05) is 37.3 Å². The van der Waals surface area contributed by atoms with Crippen molar-refractivity contribution in [2.45, 2.75) is 6.92 Å². The molecule has 1 aromatic rings. The van der Waals surface area contributed by atoms with E-state index in [0.717, 1.165) is 11.1 Å². The summed E-state index contributed by atoms with van der Waals surface area (Å²) in [6, 6.07) is 9.81. The van der Waals surface area contributed by atoms with Gasteiger partial charge < -0.3 is 0 Å². The number of benzene rings is 1. The van der Waals surface area contributed by atoms with Crippen molar-refractivity contribution in [2.75, 3.05) is 0 Å². The highest BCUT2D eigenvalue weighted by molar-refractivity contribution is 5.62. The van der Waals surface area contributed by atoms with Crippen LogP contribution in [0.2, 0.25) is 0 Å². The molecule has 0 atom stereocenters. The summed E-state index contributed by atoms with van der Waals surface area (Å²) in [6.07, 6.45) is 1.58. The van der Waals surface area contributed by atoms with Gasteiger partial charge >= 0.3 is 0 Å². The van der Waals surface area contributed by atoms with Gasteiger partial charge in [-0.25, -0.2) is 10.7 Å². The van der Waals surface area contributed by atoms with E-state index >= 15 is 0 Å². The minimum absolute atomic E-state index is 0.990. The Hall–Kier alpha value is -1.32. The Morgan fingerprint density at radius 1 is 1.42 bits per heavy atom. The fourth-order valence-corrected chi connectivity index (χ4v) is 0.899. The number of rotatable bonds is 3. The number of nitrogens with one attached hydrogen (secondary N) is 1. The van der Waals surface area contributed by atoms with E-state index in [2.05, 4.69) is 10.5 Å². The zero-order chi connectivity index (χ0) is 8.81. The maximum atomic E-state index is 8.01. The topological polar surface area (TPSA) is 41.5 Å². The van der Waals surface area contributed by atoms with Crippen molar-refractivity contribution in [2.24, 2.45) is 0 Å². The molecule has 0 radical (unpaired) electrons. The molecule has 12 heavy (non-hydrogen) atoms. The summed E-state index contributed by atoms with van der Waals surface area (Å²) in [5, 5.41) is 8.01. The third kappa shape index (κ3) is 2.38. The van der Waals surface area contributed by atoms with Crippen LogP contribution in [0.25, 0.3) is 5.57 Å². The van der Waals surface area contributed by atoms with Crippen LogP contribution in [0.5, 0.6) is 0 Å². The second kappa shape index (κ2) is 4.54. The van der Waals surface area contributed by atoms with Crippen LogP contribution < -0.4 is 5.48 Å². The van der Waals surface area contributed by atoms with Crippen LogP contribution in [0.3, 0.4) is 0 Å². The Bertz CT molecular complexity index is 256. The number of hydroxylamine groups is 1. The minimum Gasteiger partial charge on any atom is -0.243 e. The van der Waals surface area contributed by atoms with E-state index < -0.39 is 0 Å². The van der Waals surface area contributed by atoms with Gasteiger partial charge in [-0.2, -0.15) is 0 Å². The minimum atomic E-state index is 0.990. The van der Waals surface area contributed by atoms with Crippen molar-refractivity contribution in [3.8, 4) is 0 Å². The maximum absolute atomic E-state index is 8.01. The van der Waals surface area contributed by atoms with Crippen LogP contribution in [0.4, 0.5) is 0 Å². The van der Waals surface area contributed by atoms with Gasteiger partial charge in [-0.05, 0) is 18.1 Å². The van der Waals surface area contributed by atoms with Crippen LogP contribution in [0.15, 0.2) is 36.5 Å². The van der Waals surface area contributed by atoms with Gasteiger partial charge in [0.25, 0.3) is 0 Å². The fraction of sp³-hybridized carbons (Fsp3) is 0.111. The SMILES string of the molecule is C/C(=C\NOO)c1ccccc1. The average Bonchev–Trinajstić information content (AvgIpc) is 2.15. The first-order valence-electron chi connectivity index (χ1n) is 3.62. The predicted octanol–water partition coefficient (Wildman–Crippen LogP) is 2.04. The predicted molar refractivity (Wildman–Crippen MR) is 46.9 cm³/mol. The largest absolute Gasteiger partial charge is 0.243 e. The molecule has 0 saturated carbocycles. The summed E-state index contributed by atoms with van der Waals surface area (Å²) < 4.78 is 0. The van der Waals surface area contributed by atoms with E-state index in [0.29, 0.717) is 0 Å². The highest BCUT2D eigenvalue weighted by atomic mass is 17.2. The van der Waals surface area contributed by atoms with Gasteiger partial charge in [0.1, 0.15) is 0 Å². The van der Waals surface area contributed by atoms with E-state index in [4.69, 9.17) is 5.26 Å². The van der Waals surface area contributed by atoms with Gasteiger partial charge in [0.15, 0.2) is 0 Å². The van der Waals surface area contributed by atoms with E-state index in [9.17, 15) is 0 Å². The molecule has 0 spiro atoms. The smallest absolute Gasteiger partial charge is 0.0308 e. The molecular formula is C9H11NO2. The van der Waals surface area contributed by atoms with Crippen LogP contribution in [0, 0.1) is 0 Å². The number of hydrogen-bond acceptors (Lipinski definition) is 3. The quantitative estimate of drug-likeness (QED) is 0.532. The highest BCUT2D eigenvalue weighted by Crippen LogP contribution is 2.10. The van der Waals surface area contributed by atoms with Crippen molar-refractivity contribution in [3.05, 3.63) is 42.1 Å². The molecule has 0 bridgehead atoms. The second-order valence-electron chi connectivity index (χ2n) is 2.40. The third-order valence-corrected chi connectivity index (χ3v) is 1.56. The molecule has 3 heteroatoms. The van der Waals surface area contributed by atoms with Crippen LogP contribution in [-0.4, -0.2) is 5.26 Å². The Balaban J connectivity index is 2.71. The molecule has 0 heterocycles. The lowest BCUT2D eigenvalue weighted by Gasteiger charge is -2.00. The molecule has 0 amide bonds. The molecule has 0 saturated heterocycles. The van der Waals surface area contributed by atoms with Crippen LogP contribution in [0.1, 0.15) is 12.5 Å². The fourth-order valence-electron chi connectivity index (χ4n) is 0.899. The summed E-state index contributed by atoms with van der Waals surface area (Å²) in [4.78, 5) is 3.71. The third-order valence-electron chi connectivity index (χ3n) is 1.56. The summed E-state index contributed by atoms with van der Waals surface area (Å²) in [5.74, 6) is 0. The first kappa shape index (κ1) is 8.77. The van der Waals surface area contributed by atoms with Crippen LogP contribution >= 0.6 is 0 Å². The molecule has 0 aromatic heterocycles. The van der Waals surface area contributed by atoms with Crippen LogP contribution in [-0.2, 0) is 4.99 Å². The molecule has 2 N–H and O–H groups in total. The molecule has 0 aliphatic carbocycles. The lowest BCUT2D eigenvalue weighted by atomic mass is 10.1. The van der Waals surface area contributed by atoms with Crippen molar-refractivity contribution in [3.63, 3.8) is 0 Å². The lowest BCUT2D eigenvalue weighted by Crippen LogP contribution is -2.02. The Morgan fingerprint density at radius 2 is 2.08 bits per heavy atom. The summed E-state index contributed by atoms with van der Waals surface area (Å²) in [5.41, 5.74) is 4.32. The Morgan fingerprint density at radius 3 is 2.67 bits per heavy atom. The average molecular weight is 165 g/mol. The number of hydrogen-bond donors (Lipinski definition) is 2. The molecule has 0 aliphatic heterocycles. The van der Waals surface area contributed by atoms with Gasteiger partial charge in [-0.1, -0.05) is 30.3 Å². The molecule has 64 valence electrons. The molecular weight excluding hydrogens is 154 g/mol. The first-order chi connectivity index (χ1) is 5.84. The molecule has 1 aromatic carbocycles. The van der Waals surface area contributed by atoms with E-state index in [1.165, 1.54) is 0 Å². The lowest BCUT2D eigenvalue weighted by molar-refractivity contribution is -0.279. The normalized spacial score (nSPS) is 11.3. The second-order valence-corrected chi connectivity index (χ2v) is 2.40. The molecule has 0 fully saturated rings. The van der Waals surface area contributed by atoms with Gasteiger partial charge in [-0.15, -0.1) is 4.99 Å². The van der Waals surface area contributed by atoms with Crippen molar-refractivity contribution < 1.29 is 10.2 Å². The Kier molecular flexibility index (Phi) is 3.32. The summed E-state index contributed by atoms with van der Waals surface area (Å²) in [7, 11) is 0. The summed E-state index contributed by atoms with van der Waals surface area (Å²) in [6.45, 7) is 1.92. The van der Waals surface area contributed by atoms with E-state index in [-0.39, 0.29) is 0 Å². The van der Waals surface area contributed by atoms with Gasteiger partial charge in [0.2, 0.25) is 0 Å². The van der Waals surface area contributed by atoms with Gasteiger partial charge in [-0.3, -0.25) is 0 Å². The maximum Gasteiger partial charge on any atom is 0.0308 e. The van der Waals surface area contributed by atoms with E-state index in [1.54, 1.807) is 6.20 Å². The monoisotopic (exact) mass is 165 g/mol. The zero-order valence-electron chi connectivity index (χ0n) is 6.82. The van der Waals surface area contributed by atoms with Gasteiger partial charge in [0, 0.05) is 6.20 Å². The number of allylic oxidation sites excluding steroid dienone is 1.